The molecule has 2 rings (SSSR count). The monoisotopic (exact) mass is 305 g/mol. The first-order valence-corrected chi connectivity index (χ1v) is 6.46. The Kier molecular flexibility index (Phi) is 4.83. The molecule has 2 aromatic rings. The third-order valence-corrected chi connectivity index (χ3v) is 3.03. The van der Waals surface area contributed by atoms with Crippen molar-refractivity contribution in [3.05, 3.63) is 47.8 Å². The molecule has 1 N–H and O–H groups in total. The van der Waals surface area contributed by atoms with E-state index in [0.29, 0.717) is 17.2 Å². The van der Waals surface area contributed by atoms with E-state index in [0.717, 1.165) is 0 Å². The van der Waals surface area contributed by atoms with E-state index in [1.807, 2.05) is 0 Å². The summed E-state index contributed by atoms with van der Waals surface area (Å²) in [6.45, 7) is 0. The molecule has 0 atom stereocenters. The van der Waals surface area contributed by atoms with Crippen molar-refractivity contribution < 1.29 is 23.4 Å². The second-order valence-corrected chi connectivity index (χ2v) is 4.35. The Morgan fingerprint density at radius 3 is 2.32 bits per heavy atom. The van der Waals surface area contributed by atoms with Crippen molar-refractivity contribution in [2.24, 2.45) is 0 Å². The van der Waals surface area contributed by atoms with Crippen LogP contribution in [0.5, 0.6) is 17.2 Å². The number of anilines is 1. The summed E-state index contributed by atoms with van der Waals surface area (Å²) in [5.41, 5.74) is 0.603. The van der Waals surface area contributed by atoms with Gasteiger partial charge in [0.05, 0.1) is 26.9 Å². The van der Waals surface area contributed by atoms with Crippen LogP contribution >= 0.6 is 0 Å². The summed E-state index contributed by atoms with van der Waals surface area (Å²) in [5, 5.41) is 2.61. The van der Waals surface area contributed by atoms with Crippen LogP contribution in [0.15, 0.2) is 36.4 Å². The van der Waals surface area contributed by atoms with E-state index < -0.39 is 11.7 Å². The molecular formula is C16H16FNO4. The molecular weight excluding hydrogens is 289 g/mol. The Morgan fingerprint density at radius 2 is 1.73 bits per heavy atom. The minimum atomic E-state index is -0.441. The highest BCUT2D eigenvalue weighted by Crippen LogP contribution is 2.39. The molecule has 6 heteroatoms. The van der Waals surface area contributed by atoms with Crippen molar-refractivity contribution in [2.75, 3.05) is 26.6 Å². The lowest BCUT2D eigenvalue weighted by atomic mass is 10.1. The number of amides is 1. The molecule has 0 aliphatic heterocycles. The predicted octanol–water partition coefficient (Wildman–Crippen LogP) is 3.10. The maximum Gasteiger partial charge on any atom is 0.259 e. The molecule has 0 heterocycles. The van der Waals surface area contributed by atoms with Crippen molar-refractivity contribution in [1.29, 1.82) is 0 Å². The van der Waals surface area contributed by atoms with Gasteiger partial charge in [0, 0.05) is 5.69 Å². The van der Waals surface area contributed by atoms with E-state index in [9.17, 15) is 9.18 Å². The Morgan fingerprint density at radius 1 is 1.00 bits per heavy atom. The summed E-state index contributed by atoms with van der Waals surface area (Å²) in [7, 11) is 4.37. The van der Waals surface area contributed by atoms with E-state index in [-0.39, 0.29) is 11.3 Å². The molecule has 0 unspecified atom stereocenters. The quantitative estimate of drug-likeness (QED) is 0.922. The summed E-state index contributed by atoms with van der Waals surface area (Å²) in [6.07, 6.45) is 0. The summed E-state index contributed by atoms with van der Waals surface area (Å²) < 4.78 is 28.8. The summed E-state index contributed by atoms with van der Waals surface area (Å²) >= 11 is 0. The van der Waals surface area contributed by atoms with E-state index in [1.54, 1.807) is 18.2 Å². The van der Waals surface area contributed by atoms with Gasteiger partial charge in [-0.15, -0.1) is 0 Å². The van der Waals surface area contributed by atoms with Crippen LogP contribution in [0.25, 0.3) is 0 Å². The number of halogens is 1. The van der Waals surface area contributed by atoms with Crippen LogP contribution in [-0.4, -0.2) is 27.2 Å². The average molecular weight is 305 g/mol. The molecule has 1 amide bonds. The Labute approximate surface area is 127 Å². The van der Waals surface area contributed by atoms with Crippen LogP contribution in [0, 0.1) is 5.82 Å². The number of ether oxygens (including phenoxy) is 3. The zero-order chi connectivity index (χ0) is 16.1. The van der Waals surface area contributed by atoms with Crippen LogP contribution in [0.3, 0.4) is 0 Å². The number of carbonyl (C=O) groups excluding carboxylic acids is 1. The number of hydrogen-bond donors (Lipinski definition) is 1. The van der Waals surface area contributed by atoms with Gasteiger partial charge in [0.25, 0.3) is 5.91 Å². The lowest BCUT2D eigenvalue weighted by molar-refractivity contribution is 0.102. The number of nitrogens with one attached hydrogen (secondary N) is 1. The molecule has 0 aliphatic carbocycles. The molecule has 0 saturated carbocycles. The van der Waals surface area contributed by atoms with E-state index in [4.69, 9.17) is 14.2 Å². The van der Waals surface area contributed by atoms with Gasteiger partial charge in [-0.25, -0.2) is 4.39 Å². The lowest BCUT2D eigenvalue weighted by Gasteiger charge is -2.15. The van der Waals surface area contributed by atoms with Crippen LogP contribution in [0.1, 0.15) is 10.4 Å². The number of carbonyl (C=O) groups is 1. The second kappa shape index (κ2) is 6.80. The number of hydrogen-bond acceptors (Lipinski definition) is 4. The van der Waals surface area contributed by atoms with E-state index >= 15 is 0 Å². The highest BCUT2D eigenvalue weighted by atomic mass is 19.1. The van der Waals surface area contributed by atoms with Gasteiger partial charge < -0.3 is 19.5 Å². The second-order valence-electron chi connectivity index (χ2n) is 4.35. The first-order chi connectivity index (χ1) is 10.6. The van der Waals surface area contributed by atoms with Crippen LogP contribution < -0.4 is 19.5 Å². The number of benzene rings is 2. The SMILES string of the molecule is COc1ccc(C(=O)Nc2cccc(F)c2)c(OC)c1OC. The first-order valence-electron chi connectivity index (χ1n) is 6.46. The fourth-order valence-corrected chi connectivity index (χ4v) is 2.04. The highest BCUT2D eigenvalue weighted by molar-refractivity contribution is 6.07. The molecule has 22 heavy (non-hydrogen) atoms. The fraction of sp³-hybridized carbons (Fsp3) is 0.188. The molecule has 0 spiro atoms. The van der Waals surface area contributed by atoms with Crippen LogP contribution in [0.4, 0.5) is 10.1 Å². The maximum atomic E-state index is 13.2. The minimum absolute atomic E-state index is 0.246. The normalized spacial score (nSPS) is 10.0. The Hall–Kier alpha value is -2.76. The minimum Gasteiger partial charge on any atom is -0.493 e. The lowest BCUT2D eigenvalue weighted by Crippen LogP contribution is -2.14. The zero-order valence-electron chi connectivity index (χ0n) is 12.5. The van der Waals surface area contributed by atoms with Gasteiger partial charge in [-0.1, -0.05) is 6.07 Å². The van der Waals surface area contributed by atoms with Gasteiger partial charge in [-0.2, -0.15) is 0 Å². The molecule has 116 valence electrons. The largest absolute Gasteiger partial charge is 0.493 e. The molecule has 0 aliphatic rings. The number of methoxy groups -OCH3 is 3. The van der Waals surface area contributed by atoms with Crippen molar-refractivity contribution >= 4 is 11.6 Å². The van der Waals surface area contributed by atoms with Crippen molar-refractivity contribution in [2.45, 2.75) is 0 Å². The van der Waals surface area contributed by atoms with Crippen LogP contribution in [-0.2, 0) is 0 Å². The average Bonchev–Trinajstić information content (AvgIpc) is 2.53. The van der Waals surface area contributed by atoms with Crippen molar-refractivity contribution in [1.82, 2.24) is 0 Å². The first kappa shape index (κ1) is 15.6. The van der Waals surface area contributed by atoms with Gasteiger partial charge in [0.1, 0.15) is 5.82 Å². The van der Waals surface area contributed by atoms with Gasteiger partial charge in [-0.3, -0.25) is 4.79 Å². The van der Waals surface area contributed by atoms with Gasteiger partial charge >= 0.3 is 0 Å². The summed E-state index contributed by atoms with van der Waals surface area (Å²) in [5.74, 6) is 0.134. The highest BCUT2D eigenvalue weighted by Gasteiger charge is 2.20. The smallest absolute Gasteiger partial charge is 0.259 e. The van der Waals surface area contributed by atoms with Crippen molar-refractivity contribution in [3.63, 3.8) is 0 Å². The van der Waals surface area contributed by atoms with Gasteiger partial charge in [-0.05, 0) is 30.3 Å². The number of rotatable bonds is 5. The topological polar surface area (TPSA) is 56.8 Å². The molecule has 0 saturated heterocycles. The Bertz CT molecular complexity index is 688. The fourth-order valence-electron chi connectivity index (χ4n) is 2.04. The van der Waals surface area contributed by atoms with Crippen LogP contribution in [0.2, 0.25) is 0 Å². The zero-order valence-corrected chi connectivity index (χ0v) is 12.5. The van der Waals surface area contributed by atoms with Gasteiger partial charge in [0.15, 0.2) is 11.5 Å². The predicted molar refractivity (Wildman–Crippen MR) is 80.5 cm³/mol. The summed E-state index contributed by atoms with van der Waals surface area (Å²) in [6, 6.07) is 8.78. The van der Waals surface area contributed by atoms with E-state index in [2.05, 4.69) is 5.32 Å². The molecule has 5 nitrogen and oxygen atoms in total. The molecule has 0 bridgehead atoms. The van der Waals surface area contributed by atoms with Gasteiger partial charge in [0.2, 0.25) is 5.75 Å². The molecule has 0 radical (unpaired) electrons. The molecule has 0 fully saturated rings. The molecule has 0 aromatic heterocycles. The molecule has 2 aromatic carbocycles. The van der Waals surface area contributed by atoms with E-state index in [1.165, 1.54) is 39.5 Å². The summed E-state index contributed by atoms with van der Waals surface area (Å²) in [4.78, 5) is 12.4. The maximum absolute atomic E-state index is 13.2. The third kappa shape index (κ3) is 3.11. The van der Waals surface area contributed by atoms with Crippen molar-refractivity contribution in [3.8, 4) is 17.2 Å². The Balaban J connectivity index is 2.37. The standard InChI is InChI=1S/C16H16FNO4/c1-20-13-8-7-12(14(21-2)15(13)22-3)16(19)18-11-6-4-5-10(17)9-11/h4-9H,1-3H3,(H,18,19). The third-order valence-electron chi connectivity index (χ3n) is 3.03.